The summed E-state index contributed by atoms with van der Waals surface area (Å²) in [7, 11) is -3.10. The van der Waals surface area contributed by atoms with Crippen LogP contribution in [0.5, 0.6) is 0 Å². The summed E-state index contributed by atoms with van der Waals surface area (Å²) in [4.78, 5) is 0. The van der Waals surface area contributed by atoms with Crippen LogP contribution in [0.25, 0.3) is 33.4 Å². The van der Waals surface area contributed by atoms with Crippen LogP contribution in [0.15, 0.2) is 127 Å². The van der Waals surface area contributed by atoms with E-state index in [2.05, 4.69) is 238 Å². The Labute approximate surface area is 447 Å². The third-order valence-corrected chi connectivity index (χ3v) is 19.7. The van der Waals surface area contributed by atoms with Gasteiger partial charge < -0.3 is 37.2 Å². The maximum absolute atomic E-state index is 3.10. The van der Waals surface area contributed by atoms with Gasteiger partial charge in [-0.3, -0.25) is 0 Å². The van der Waals surface area contributed by atoms with E-state index in [9.17, 15) is 0 Å². The largest absolute Gasteiger partial charge is 4.00 e. The van der Waals surface area contributed by atoms with Crippen molar-refractivity contribution in [3.05, 3.63) is 183 Å². The maximum Gasteiger partial charge on any atom is 4.00 e. The van der Waals surface area contributed by atoms with E-state index in [1.54, 1.807) is 0 Å². The van der Waals surface area contributed by atoms with Gasteiger partial charge in [0.1, 0.15) is 8.07 Å². The molecule has 0 bridgehead atoms. The molecule has 0 saturated heterocycles. The van der Waals surface area contributed by atoms with Gasteiger partial charge in [-0.2, -0.15) is 22.3 Å². The molecule has 0 amide bonds. The maximum atomic E-state index is 2.60. The summed E-state index contributed by atoms with van der Waals surface area (Å²) < 4.78 is 0. The summed E-state index contributed by atoms with van der Waals surface area (Å²) in [6.07, 6.45) is 0. The molecule has 0 aliphatic rings. The van der Waals surface area contributed by atoms with Crippen molar-refractivity contribution in [2.24, 2.45) is 0 Å². The predicted octanol–water partition coefficient (Wildman–Crippen LogP) is 6.77. The monoisotopic (exact) mass is 1010 g/mol. The summed E-state index contributed by atoms with van der Waals surface area (Å²) in [6, 6.07) is 51.4. The van der Waals surface area contributed by atoms with Crippen LogP contribution in [0.3, 0.4) is 0 Å². The molecule has 0 N–H and O–H groups in total. The Morgan fingerprint density at radius 1 is 0.309 bits per heavy atom. The van der Waals surface area contributed by atoms with E-state index in [1.165, 1.54) is 110 Å². The molecule has 0 fully saturated rings. The Bertz CT molecular complexity index is 2440. The average molecular weight is 1010 g/mol. The summed E-state index contributed by atoms with van der Waals surface area (Å²) in [5.74, 6) is 2.64. The minimum atomic E-state index is -3.10. The second-order valence-electron chi connectivity index (χ2n) is 21.0. The van der Waals surface area contributed by atoms with Crippen LogP contribution < -0.4 is 58.0 Å². The molecule has 0 spiro atoms. The van der Waals surface area contributed by atoms with Gasteiger partial charge in [-0.25, -0.2) is 0 Å². The molecule has 7 aromatic carbocycles. The molecule has 0 radical (unpaired) electrons. The fourth-order valence-electron chi connectivity index (χ4n) is 10.0. The fraction of sp³-hybridized carbons (Fsp3) is 0.349. The third kappa shape index (κ3) is 11.6. The van der Waals surface area contributed by atoms with Crippen molar-refractivity contribution in [3.63, 3.8) is 0 Å². The zero-order chi connectivity index (χ0) is 46.4. The number of hydrogen-bond acceptors (Lipinski definition) is 0. The Morgan fingerprint density at radius 3 is 0.735 bits per heavy atom. The van der Waals surface area contributed by atoms with Gasteiger partial charge in [0, 0.05) is 0 Å². The van der Waals surface area contributed by atoms with Gasteiger partial charge in [-0.1, -0.05) is 254 Å². The standard InChI is InChI=1S/C63H75Si.3ClH.Ti/c1-38(2)51-26-52(39(3)4)30-57(29-51)48-20-17-23-60(35-48)64(63-46(15)44(13)45(14)47(63)16,61-24-18-21-49(36-61)58-31-53(40(5)6)27-54(32-58)41(7)8)62-25-19-22-50(37-62)59-33-55(42(9)10)28-56(34-59)43(11)12;;;;/h17-43H,1-16H3;3*1H;/q-1;;;;+4/p-3. The molecule has 0 unspecified atom stereocenters. The number of hydrogen-bond donors (Lipinski definition) is 0. The summed E-state index contributed by atoms with van der Waals surface area (Å²) >= 11 is 0. The van der Waals surface area contributed by atoms with Crippen LogP contribution in [-0.2, 0) is 21.7 Å². The summed E-state index contributed by atoms with van der Waals surface area (Å²) in [5.41, 5.74) is 21.9. The topological polar surface area (TPSA) is 0 Å². The second kappa shape index (κ2) is 24.1. The van der Waals surface area contributed by atoms with Crippen LogP contribution >= 0.6 is 0 Å². The molecule has 0 saturated carbocycles. The molecule has 0 heterocycles. The quantitative estimate of drug-likeness (QED) is 0.0681. The molecule has 0 aliphatic heterocycles. The molecule has 0 nitrogen and oxygen atoms in total. The smallest absolute Gasteiger partial charge is 1.00 e. The first-order valence-electron chi connectivity index (χ1n) is 24.3. The van der Waals surface area contributed by atoms with Crippen LogP contribution in [0, 0.1) is 27.7 Å². The molecule has 356 valence electrons. The van der Waals surface area contributed by atoms with E-state index in [-0.39, 0.29) is 58.9 Å². The van der Waals surface area contributed by atoms with E-state index < -0.39 is 8.07 Å². The van der Waals surface area contributed by atoms with Gasteiger partial charge in [-0.15, -0.1) is 5.19 Å². The van der Waals surface area contributed by atoms with E-state index >= 15 is 0 Å². The Hall–Kier alpha value is -3.53. The van der Waals surface area contributed by atoms with Gasteiger partial charge >= 0.3 is 21.7 Å². The molecule has 0 atom stereocenters. The van der Waals surface area contributed by atoms with E-state index in [4.69, 9.17) is 0 Å². The second-order valence-corrected chi connectivity index (χ2v) is 24.7. The van der Waals surface area contributed by atoms with Crippen LogP contribution in [0.4, 0.5) is 0 Å². The average Bonchev–Trinajstić information content (AvgIpc) is 3.47. The van der Waals surface area contributed by atoms with Crippen LogP contribution in [0.2, 0.25) is 0 Å². The molecule has 7 aromatic rings. The van der Waals surface area contributed by atoms with Crippen molar-refractivity contribution in [1.82, 2.24) is 0 Å². The van der Waals surface area contributed by atoms with Gasteiger partial charge in [0.05, 0.1) is 0 Å². The minimum absolute atomic E-state index is 0. The SMILES string of the molecule is Cc1c(C)c(C)[c-]([Si](c2cccc(-c3cc(C(C)C)cc(C(C)C)c3)c2)(c2cccc(-c3cc(C(C)C)cc(C(C)C)c3)c2)c2cccc(-c3cc(C(C)C)cc(C(C)C)c3)c2)c1C.[Cl-].[Cl-].[Cl-].[Ti+4]. The first kappa shape index (κ1) is 58.8. The third-order valence-electron chi connectivity index (χ3n) is 14.6. The molecule has 7 rings (SSSR count). The van der Waals surface area contributed by atoms with Crippen molar-refractivity contribution in [2.75, 3.05) is 0 Å². The molecule has 0 aliphatic carbocycles. The van der Waals surface area contributed by atoms with Gasteiger partial charge in [0.15, 0.2) is 0 Å². The molecular weight excluding hydrogens is 939 g/mol. The van der Waals surface area contributed by atoms with E-state index in [0.29, 0.717) is 35.5 Å². The van der Waals surface area contributed by atoms with Gasteiger partial charge in [0.25, 0.3) is 0 Å². The van der Waals surface area contributed by atoms with Crippen molar-refractivity contribution < 1.29 is 58.9 Å². The van der Waals surface area contributed by atoms with Crippen molar-refractivity contribution >= 4 is 28.8 Å². The van der Waals surface area contributed by atoms with Crippen molar-refractivity contribution in [3.8, 4) is 33.4 Å². The minimum Gasteiger partial charge on any atom is -1.00 e. The Morgan fingerprint density at radius 2 is 0.529 bits per heavy atom. The normalized spacial score (nSPS) is 11.6. The molecule has 68 heavy (non-hydrogen) atoms. The first-order chi connectivity index (χ1) is 30.3. The number of benzene rings is 6. The van der Waals surface area contributed by atoms with Crippen molar-refractivity contribution in [2.45, 2.75) is 146 Å². The Kier molecular flexibility index (Phi) is 20.8. The van der Waals surface area contributed by atoms with Gasteiger partial charge in [0.2, 0.25) is 0 Å². The fourth-order valence-corrected chi connectivity index (χ4v) is 15.6. The summed E-state index contributed by atoms with van der Waals surface area (Å²) in [6.45, 7) is 37.4. The predicted molar refractivity (Wildman–Crippen MR) is 285 cm³/mol. The van der Waals surface area contributed by atoms with Crippen molar-refractivity contribution in [1.29, 1.82) is 0 Å². The molecule has 5 heteroatoms. The summed E-state index contributed by atoms with van der Waals surface area (Å²) in [5, 5.41) is 5.81. The number of halogens is 3. The van der Waals surface area contributed by atoms with E-state index in [1.807, 2.05) is 0 Å². The molecule has 0 aromatic heterocycles. The zero-order valence-electron chi connectivity index (χ0n) is 43.7. The van der Waals surface area contributed by atoms with Crippen LogP contribution in [-0.4, -0.2) is 8.07 Å². The Balaban J connectivity index is 0.00000306. The first-order valence-corrected chi connectivity index (χ1v) is 26.3. The van der Waals surface area contributed by atoms with Gasteiger partial charge in [-0.05, 0) is 102 Å². The number of rotatable bonds is 13. The molecular formula is C63H75Cl3SiTi. The van der Waals surface area contributed by atoms with Crippen LogP contribution in [0.1, 0.15) is 174 Å². The zero-order valence-corrected chi connectivity index (χ0v) is 48.6. The van der Waals surface area contributed by atoms with E-state index in [0.717, 1.165) is 0 Å².